The minimum Gasteiger partial charge on any atom is -0.465 e. The number of hydrogen-bond donors (Lipinski definition) is 0. The summed E-state index contributed by atoms with van der Waals surface area (Å²) in [5, 5.41) is 4.27. The lowest BCUT2D eigenvalue weighted by Gasteiger charge is -2.36. The Hall–Kier alpha value is -3.49. The summed E-state index contributed by atoms with van der Waals surface area (Å²) in [6, 6.07) is 24.0. The fourth-order valence-corrected chi connectivity index (χ4v) is 4.91. The summed E-state index contributed by atoms with van der Waals surface area (Å²) in [6.45, 7) is 7.60. The highest BCUT2D eigenvalue weighted by Gasteiger charge is 2.41. The Morgan fingerprint density at radius 2 is 1.54 bits per heavy atom. The van der Waals surface area contributed by atoms with Gasteiger partial charge < -0.3 is 4.74 Å². The first-order valence-corrected chi connectivity index (χ1v) is 12.7. The number of hydrogen-bond acceptors (Lipinski definition) is 6. The molecule has 7 nitrogen and oxygen atoms in total. The Bertz CT molecular complexity index is 1350. The van der Waals surface area contributed by atoms with Crippen molar-refractivity contribution in [2.75, 3.05) is 0 Å². The maximum Gasteiger partial charge on any atom is 0.297 e. The second-order valence-electron chi connectivity index (χ2n) is 9.40. The van der Waals surface area contributed by atoms with Gasteiger partial charge in [-0.1, -0.05) is 87.0 Å². The summed E-state index contributed by atoms with van der Waals surface area (Å²) in [5.74, 6) is 0.574. The van der Waals surface area contributed by atoms with Crippen LogP contribution in [0.2, 0.25) is 0 Å². The topological polar surface area (TPSA) is 83.3 Å². The lowest BCUT2D eigenvalue weighted by atomic mass is 9.88. The molecule has 0 N–H and O–H groups in total. The van der Waals surface area contributed by atoms with Crippen LogP contribution < -0.4 is 4.74 Å². The summed E-state index contributed by atoms with van der Waals surface area (Å²) in [7, 11) is -4.09. The van der Waals surface area contributed by atoms with E-state index in [0.717, 1.165) is 16.7 Å². The Labute approximate surface area is 206 Å². The summed E-state index contributed by atoms with van der Waals surface area (Å²) < 4.78 is 40.5. The Morgan fingerprint density at radius 3 is 2.17 bits per heavy atom. The van der Waals surface area contributed by atoms with Crippen molar-refractivity contribution >= 4 is 10.1 Å². The Kier molecular flexibility index (Phi) is 7.05. The van der Waals surface area contributed by atoms with Gasteiger partial charge in [-0.15, -0.1) is 0 Å². The van der Waals surface area contributed by atoms with Crippen LogP contribution in [0.4, 0.5) is 0 Å². The van der Waals surface area contributed by atoms with Crippen LogP contribution in [0.3, 0.4) is 0 Å². The molecule has 0 saturated heterocycles. The molecule has 3 aromatic carbocycles. The molecule has 4 aromatic rings. The second-order valence-corrected chi connectivity index (χ2v) is 11.0. The first kappa shape index (κ1) is 24.6. The van der Waals surface area contributed by atoms with Crippen molar-refractivity contribution in [2.45, 2.75) is 44.9 Å². The van der Waals surface area contributed by atoms with Crippen molar-refractivity contribution in [3.05, 3.63) is 97.1 Å². The van der Waals surface area contributed by atoms with Gasteiger partial charge in [0.2, 0.25) is 6.23 Å². The van der Waals surface area contributed by atoms with Gasteiger partial charge in [-0.05, 0) is 36.1 Å². The van der Waals surface area contributed by atoms with E-state index in [4.69, 9.17) is 8.92 Å². The molecule has 8 heteroatoms. The van der Waals surface area contributed by atoms with Gasteiger partial charge in [0.05, 0.1) is 4.90 Å². The van der Waals surface area contributed by atoms with Crippen molar-refractivity contribution in [3.63, 3.8) is 0 Å². The van der Waals surface area contributed by atoms with E-state index in [9.17, 15) is 8.42 Å². The van der Waals surface area contributed by atoms with Crippen LogP contribution in [0.15, 0.2) is 96.4 Å². The van der Waals surface area contributed by atoms with Gasteiger partial charge in [0.1, 0.15) is 24.5 Å². The third kappa shape index (κ3) is 5.78. The zero-order valence-corrected chi connectivity index (χ0v) is 21.0. The van der Waals surface area contributed by atoms with Crippen LogP contribution >= 0.6 is 0 Å². The smallest absolute Gasteiger partial charge is 0.297 e. The van der Waals surface area contributed by atoms with E-state index in [2.05, 4.69) is 10.1 Å². The molecule has 0 amide bonds. The molecule has 182 valence electrons. The van der Waals surface area contributed by atoms with Crippen LogP contribution in [-0.2, 0) is 14.3 Å². The Morgan fingerprint density at radius 1 is 0.886 bits per heavy atom. The fourth-order valence-electron chi connectivity index (χ4n) is 3.68. The van der Waals surface area contributed by atoms with Crippen molar-refractivity contribution in [1.82, 2.24) is 14.8 Å². The molecule has 0 radical (unpaired) electrons. The maximum atomic E-state index is 13.3. The van der Waals surface area contributed by atoms with Crippen molar-refractivity contribution in [2.24, 2.45) is 5.41 Å². The molecule has 1 aromatic heterocycles. The molecule has 35 heavy (non-hydrogen) atoms. The van der Waals surface area contributed by atoms with Gasteiger partial charge in [-0.3, -0.25) is 4.18 Å². The molecule has 2 unspecified atom stereocenters. The standard InChI is InChI=1S/C27H29N3O4S/c1-20-14-16-22(17-15-20)35(31,32)34-25(27(2,3)4)26(30-19-28-18-29-30)33-24-13-9-8-12-23(24)21-10-6-5-7-11-21/h5-19,25-26H,1-4H3. The minimum absolute atomic E-state index is 0.0828. The van der Waals surface area contributed by atoms with Crippen LogP contribution in [0.1, 0.15) is 32.6 Å². The molecule has 0 aliphatic rings. The summed E-state index contributed by atoms with van der Waals surface area (Å²) in [4.78, 5) is 4.14. The highest BCUT2D eigenvalue weighted by atomic mass is 32.2. The van der Waals surface area contributed by atoms with Crippen molar-refractivity contribution in [1.29, 1.82) is 0 Å². The SMILES string of the molecule is Cc1ccc(S(=O)(=O)OC(C(Oc2ccccc2-c2ccccc2)n2cncn2)C(C)(C)C)cc1. The first-order valence-electron chi connectivity index (χ1n) is 11.3. The average molecular weight is 492 g/mol. The molecule has 4 rings (SSSR count). The molecule has 0 saturated carbocycles. The highest BCUT2D eigenvalue weighted by Crippen LogP contribution is 2.38. The number of rotatable bonds is 8. The predicted molar refractivity (Wildman–Crippen MR) is 134 cm³/mol. The van der Waals surface area contributed by atoms with Crippen LogP contribution in [0.5, 0.6) is 5.75 Å². The lowest BCUT2D eigenvalue weighted by Crippen LogP contribution is -2.42. The third-order valence-corrected chi connectivity index (χ3v) is 6.88. The summed E-state index contributed by atoms with van der Waals surface area (Å²) >= 11 is 0. The van der Waals surface area contributed by atoms with E-state index < -0.39 is 27.9 Å². The molecule has 1 heterocycles. The van der Waals surface area contributed by atoms with Gasteiger partial charge in [-0.25, -0.2) is 9.67 Å². The zero-order chi connectivity index (χ0) is 25.1. The van der Waals surface area contributed by atoms with E-state index in [1.54, 1.807) is 24.3 Å². The zero-order valence-electron chi connectivity index (χ0n) is 20.2. The summed E-state index contributed by atoms with van der Waals surface area (Å²) in [6.07, 6.45) is 1.03. The lowest BCUT2D eigenvalue weighted by molar-refractivity contribution is -0.0539. The van der Waals surface area contributed by atoms with Crippen LogP contribution in [0.25, 0.3) is 11.1 Å². The number of nitrogens with zero attached hydrogens (tertiary/aromatic N) is 3. The molecule has 2 atom stereocenters. The van der Waals surface area contributed by atoms with Gasteiger partial charge in [-0.2, -0.15) is 13.5 Å². The monoisotopic (exact) mass is 491 g/mol. The molecule has 0 fully saturated rings. The number of aromatic nitrogens is 3. The number of benzene rings is 3. The molecule has 0 spiro atoms. The quantitative estimate of drug-likeness (QED) is 0.296. The normalized spacial score (nSPS) is 13.8. The molecular weight excluding hydrogens is 462 g/mol. The van der Waals surface area contributed by atoms with E-state index in [1.165, 1.54) is 17.3 Å². The van der Waals surface area contributed by atoms with Gasteiger partial charge in [0, 0.05) is 5.56 Å². The molecular formula is C27H29N3O4S. The largest absolute Gasteiger partial charge is 0.465 e. The minimum atomic E-state index is -4.09. The molecule has 0 bridgehead atoms. The van der Waals surface area contributed by atoms with E-state index in [1.807, 2.05) is 82.3 Å². The van der Waals surface area contributed by atoms with Crippen LogP contribution in [-0.4, -0.2) is 29.3 Å². The van der Waals surface area contributed by atoms with E-state index in [0.29, 0.717) is 5.75 Å². The average Bonchev–Trinajstić information content (AvgIpc) is 3.36. The van der Waals surface area contributed by atoms with E-state index >= 15 is 0 Å². The molecule has 0 aliphatic carbocycles. The first-order chi connectivity index (χ1) is 16.6. The van der Waals surface area contributed by atoms with Gasteiger partial charge >= 0.3 is 0 Å². The van der Waals surface area contributed by atoms with Crippen molar-refractivity contribution < 1.29 is 17.3 Å². The van der Waals surface area contributed by atoms with Crippen molar-refractivity contribution in [3.8, 4) is 16.9 Å². The van der Waals surface area contributed by atoms with E-state index in [-0.39, 0.29) is 4.90 Å². The number of para-hydroxylation sites is 1. The number of ether oxygens (including phenoxy) is 1. The van der Waals surface area contributed by atoms with Gasteiger partial charge in [0.25, 0.3) is 10.1 Å². The molecule has 0 aliphatic heterocycles. The van der Waals surface area contributed by atoms with Gasteiger partial charge in [0.15, 0.2) is 0 Å². The summed E-state index contributed by atoms with van der Waals surface area (Å²) in [5.41, 5.74) is 2.15. The second kappa shape index (κ2) is 10.0. The Balaban J connectivity index is 1.76. The highest BCUT2D eigenvalue weighted by molar-refractivity contribution is 7.86. The maximum absolute atomic E-state index is 13.3. The predicted octanol–water partition coefficient (Wildman–Crippen LogP) is 5.65. The van der Waals surface area contributed by atoms with Crippen LogP contribution in [0, 0.1) is 12.3 Å². The fraction of sp³-hybridized carbons (Fsp3) is 0.259. The number of aryl methyl sites for hydroxylation is 1. The third-order valence-electron chi connectivity index (χ3n) is 5.57.